The number of rotatable bonds is 3. The molecule has 20 heavy (non-hydrogen) atoms. The monoisotopic (exact) mass is 266 g/mol. The van der Waals surface area contributed by atoms with Crippen LogP contribution in [0.4, 0.5) is 0 Å². The first-order chi connectivity index (χ1) is 9.65. The Morgan fingerprint density at radius 1 is 1.10 bits per heavy atom. The standard InChI is InChI=1S/C16H15BO3/c18-16-13(8-11-4-2-1-3-5-11)9-12-6-7-14(17(19)20)10-15(12)16/h1-7,10,13,19-20H,8-9H2. The van der Waals surface area contributed by atoms with E-state index in [0.29, 0.717) is 11.0 Å². The highest BCUT2D eigenvalue weighted by atomic mass is 16.4. The van der Waals surface area contributed by atoms with Gasteiger partial charge in [-0.1, -0.05) is 48.5 Å². The van der Waals surface area contributed by atoms with Crippen LogP contribution in [0.25, 0.3) is 0 Å². The summed E-state index contributed by atoms with van der Waals surface area (Å²) in [5.74, 6) is 0.0600. The first kappa shape index (κ1) is 13.1. The van der Waals surface area contributed by atoms with Gasteiger partial charge in [-0.15, -0.1) is 0 Å². The predicted molar refractivity (Wildman–Crippen MR) is 77.9 cm³/mol. The first-order valence-electron chi connectivity index (χ1n) is 6.72. The van der Waals surface area contributed by atoms with Crippen molar-refractivity contribution in [1.82, 2.24) is 0 Å². The fourth-order valence-electron chi connectivity index (χ4n) is 2.80. The third kappa shape index (κ3) is 2.40. The van der Waals surface area contributed by atoms with Crippen LogP contribution in [-0.4, -0.2) is 22.9 Å². The summed E-state index contributed by atoms with van der Waals surface area (Å²) < 4.78 is 0. The van der Waals surface area contributed by atoms with Gasteiger partial charge in [0.1, 0.15) is 0 Å². The van der Waals surface area contributed by atoms with Gasteiger partial charge in [0, 0.05) is 11.5 Å². The van der Waals surface area contributed by atoms with Crippen molar-refractivity contribution >= 4 is 18.4 Å². The molecule has 2 aromatic rings. The third-order valence-corrected chi connectivity index (χ3v) is 3.86. The molecule has 3 nitrogen and oxygen atoms in total. The Hall–Kier alpha value is -1.91. The zero-order valence-corrected chi connectivity index (χ0v) is 11.0. The number of fused-ring (bicyclic) bond motifs is 1. The number of hydrogen-bond donors (Lipinski definition) is 2. The maximum atomic E-state index is 12.4. The average molecular weight is 266 g/mol. The fourth-order valence-corrected chi connectivity index (χ4v) is 2.80. The molecule has 100 valence electrons. The molecule has 0 bridgehead atoms. The number of ketones is 1. The summed E-state index contributed by atoms with van der Waals surface area (Å²) >= 11 is 0. The van der Waals surface area contributed by atoms with E-state index in [4.69, 9.17) is 0 Å². The van der Waals surface area contributed by atoms with Crippen molar-refractivity contribution in [2.75, 3.05) is 0 Å². The van der Waals surface area contributed by atoms with Crippen molar-refractivity contribution in [3.05, 3.63) is 65.2 Å². The summed E-state index contributed by atoms with van der Waals surface area (Å²) in [5.41, 5.74) is 3.16. The maximum Gasteiger partial charge on any atom is 0.488 e. The molecule has 1 atom stereocenters. The van der Waals surface area contributed by atoms with Crippen molar-refractivity contribution in [3.8, 4) is 0 Å². The van der Waals surface area contributed by atoms with Gasteiger partial charge in [-0.2, -0.15) is 0 Å². The largest absolute Gasteiger partial charge is 0.488 e. The lowest BCUT2D eigenvalue weighted by molar-refractivity contribution is 0.0936. The Bertz CT molecular complexity index is 637. The second-order valence-electron chi connectivity index (χ2n) is 5.25. The van der Waals surface area contributed by atoms with Crippen molar-refractivity contribution in [3.63, 3.8) is 0 Å². The van der Waals surface area contributed by atoms with Crippen molar-refractivity contribution < 1.29 is 14.8 Å². The molecule has 0 aromatic heterocycles. The van der Waals surface area contributed by atoms with Gasteiger partial charge in [0.2, 0.25) is 0 Å². The molecular weight excluding hydrogens is 251 g/mol. The van der Waals surface area contributed by atoms with E-state index in [9.17, 15) is 14.8 Å². The summed E-state index contributed by atoms with van der Waals surface area (Å²) in [6.45, 7) is 0. The molecule has 0 saturated carbocycles. The zero-order valence-electron chi connectivity index (χ0n) is 11.0. The van der Waals surface area contributed by atoms with Gasteiger partial charge in [-0.05, 0) is 29.4 Å². The van der Waals surface area contributed by atoms with Crippen LogP contribution in [-0.2, 0) is 12.8 Å². The van der Waals surface area contributed by atoms with Crippen molar-refractivity contribution in [2.24, 2.45) is 5.92 Å². The van der Waals surface area contributed by atoms with Crippen LogP contribution in [0.3, 0.4) is 0 Å². The molecule has 2 aromatic carbocycles. The van der Waals surface area contributed by atoms with Gasteiger partial charge in [-0.3, -0.25) is 4.79 Å². The van der Waals surface area contributed by atoms with Gasteiger partial charge in [0.05, 0.1) is 0 Å². The van der Waals surface area contributed by atoms with E-state index in [1.807, 2.05) is 36.4 Å². The van der Waals surface area contributed by atoms with E-state index >= 15 is 0 Å². The minimum absolute atomic E-state index is 0.0431. The van der Waals surface area contributed by atoms with E-state index in [2.05, 4.69) is 0 Å². The predicted octanol–water partition coefficient (Wildman–Crippen LogP) is 0.964. The van der Waals surface area contributed by atoms with Gasteiger partial charge < -0.3 is 10.0 Å². The second-order valence-corrected chi connectivity index (χ2v) is 5.25. The van der Waals surface area contributed by atoms with E-state index < -0.39 is 7.12 Å². The van der Waals surface area contributed by atoms with Crippen LogP contribution in [0, 0.1) is 5.92 Å². The number of carbonyl (C=O) groups is 1. The average Bonchev–Trinajstić information content (AvgIpc) is 2.76. The van der Waals surface area contributed by atoms with Crippen LogP contribution in [0.1, 0.15) is 21.5 Å². The third-order valence-electron chi connectivity index (χ3n) is 3.86. The molecule has 0 heterocycles. The summed E-state index contributed by atoms with van der Waals surface area (Å²) in [6.07, 6.45) is 1.45. The smallest absolute Gasteiger partial charge is 0.423 e. The number of hydrogen-bond acceptors (Lipinski definition) is 3. The SMILES string of the molecule is O=C1c2cc(B(O)O)ccc2CC1Cc1ccccc1. The molecule has 0 amide bonds. The molecule has 1 unspecified atom stereocenters. The van der Waals surface area contributed by atoms with Gasteiger partial charge >= 0.3 is 7.12 Å². The van der Waals surface area contributed by atoms with E-state index in [1.165, 1.54) is 0 Å². The Morgan fingerprint density at radius 2 is 1.85 bits per heavy atom. The Kier molecular flexibility index (Phi) is 3.43. The Morgan fingerprint density at radius 3 is 2.55 bits per heavy atom. The van der Waals surface area contributed by atoms with Crippen molar-refractivity contribution in [2.45, 2.75) is 12.8 Å². The summed E-state index contributed by atoms with van der Waals surface area (Å²) in [5, 5.41) is 18.4. The fraction of sp³-hybridized carbons (Fsp3) is 0.188. The number of Topliss-reactive ketones (excluding diaryl/α,β-unsaturated/α-hetero) is 1. The number of benzene rings is 2. The van der Waals surface area contributed by atoms with Gasteiger partial charge in [0.15, 0.2) is 5.78 Å². The quantitative estimate of drug-likeness (QED) is 0.814. The van der Waals surface area contributed by atoms with Crippen molar-refractivity contribution in [1.29, 1.82) is 0 Å². The van der Waals surface area contributed by atoms with Crippen LogP contribution >= 0.6 is 0 Å². The number of carbonyl (C=O) groups excluding carboxylic acids is 1. The molecule has 2 N–H and O–H groups in total. The molecule has 0 saturated heterocycles. The van der Waals surface area contributed by atoms with E-state index in [-0.39, 0.29) is 11.7 Å². The van der Waals surface area contributed by atoms with Gasteiger partial charge in [-0.25, -0.2) is 0 Å². The normalized spacial score (nSPS) is 17.1. The summed E-state index contributed by atoms with van der Waals surface area (Å²) in [7, 11) is -1.53. The molecule has 0 fully saturated rings. The lowest BCUT2D eigenvalue weighted by Gasteiger charge is -2.07. The second kappa shape index (κ2) is 5.23. The highest BCUT2D eigenvalue weighted by Crippen LogP contribution is 2.28. The topological polar surface area (TPSA) is 57.5 Å². The molecule has 1 aliphatic rings. The molecule has 4 heteroatoms. The van der Waals surface area contributed by atoms with E-state index in [0.717, 1.165) is 24.0 Å². The summed E-state index contributed by atoms with van der Waals surface area (Å²) in [6, 6.07) is 15.1. The van der Waals surface area contributed by atoms with E-state index in [1.54, 1.807) is 12.1 Å². The lowest BCUT2D eigenvalue weighted by atomic mass is 9.79. The van der Waals surface area contributed by atoms with Gasteiger partial charge in [0.25, 0.3) is 0 Å². The van der Waals surface area contributed by atoms with Crippen LogP contribution in [0.2, 0.25) is 0 Å². The minimum atomic E-state index is -1.53. The Labute approximate surface area is 118 Å². The molecule has 3 rings (SSSR count). The highest BCUT2D eigenvalue weighted by Gasteiger charge is 2.31. The van der Waals surface area contributed by atoms with Crippen LogP contribution in [0.15, 0.2) is 48.5 Å². The molecule has 1 aliphatic carbocycles. The molecular formula is C16H15BO3. The first-order valence-corrected chi connectivity index (χ1v) is 6.72. The van der Waals surface area contributed by atoms with Crippen LogP contribution in [0.5, 0.6) is 0 Å². The highest BCUT2D eigenvalue weighted by molar-refractivity contribution is 6.58. The molecule has 0 radical (unpaired) electrons. The molecule has 0 spiro atoms. The maximum absolute atomic E-state index is 12.4. The van der Waals surface area contributed by atoms with Crippen LogP contribution < -0.4 is 5.46 Å². The zero-order chi connectivity index (χ0) is 14.1. The Balaban J connectivity index is 1.84. The lowest BCUT2D eigenvalue weighted by Crippen LogP contribution is -2.30. The summed E-state index contributed by atoms with van der Waals surface area (Å²) in [4.78, 5) is 12.4. The minimum Gasteiger partial charge on any atom is -0.423 e. The molecule has 0 aliphatic heterocycles.